The van der Waals surface area contributed by atoms with Crippen LogP contribution in [0.4, 0.5) is 0 Å². The van der Waals surface area contributed by atoms with Crippen molar-refractivity contribution >= 4 is 0 Å². The summed E-state index contributed by atoms with van der Waals surface area (Å²) in [4.78, 5) is 0. The maximum atomic E-state index is 5.75. The topological polar surface area (TPSA) is 56.7 Å². The van der Waals surface area contributed by atoms with Gasteiger partial charge in [-0.3, -0.25) is 0 Å². The van der Waals surface area contributed by atoms with Gasteiger partial charge in [0.15, 0.2) is 0 Å². The summed E-state index contributed by atoms with van der Waals surface area (Å²) in [6.07, 6.45) is 3.54. The van der Waals surface area contributed by atoms with Gasteiger partial charge in [-0.05, 0) is 12.8 Å². The van der Waals surface area contributed by atoms with Crippen LogP contribution in [0.25, 0.3) is 0 Å². The maximum Gasteiger partial charge on any atom is 0.139 e. The zero-order valence-electron chi connectivity index (χ0n) is 8.95. The van der Waals surface area contributed by atoms with E-state index in [1.807, 2.05) is 0 Å². The Balaban J connectivity index is 2.39. The Morgan fingerprint density at radius 3 is 2.86 bits per heavy atom. The molecule has 0 amide bonds. The van der Waals surface area contributed by atoms with Gasteiger partial charge in [0, 0.05) is 24.9 Å². The predicted octanol–water partition coefficient (Wildman–Crippen LogP) is 0.851. The quantitative estimate of drug-likeness (QED) is 0.759. The first-order chi connectivity index (χ1) is 6.65. The van der Waals surface area contributed by atoms with Gasteiger partial charge in [0.1, 0.15) is 11.6 Å². The van der Waals surface area contributed by atoms with Crippen molar-refractivity contribution in [2.75, 3.05) is 6.54 Å². The lowest BCUT2D eigenvalue weighted by Gasteiger charge is -2.24. The monoisotopic (exact) mass is 194 g/mol. The van der Waals surface area contributed by atoms with Gasteiger partial charge in [-0.2, -0.15) is 0 Å². The summed E-state index contributed by atoms with van der Waals surface area (Å²) in [5.41, 5.74) is 5.70. The van der Waals surface area contributed by atoms with E-state index in [9.17, 15) is 0 Å². The maximum absolute atomic E-state index is 5.75. The van der Waals surface area contributed by atoms with Crippen molar-refractivity contribution in [3.63, 3.8) is 0 Å². The molecule has 0 unspecified atom stereocenters. The molecule has 0 aliphatic carbocycles. The fourth-order valence-corrected chi connectivity index (χ4v) is 1.90. The van der Waals surface area contributed by atoms with Crippen LogP contribution >= 0.6 is 0 Å². The molecule has 0 spiro atoms. The normalized spacial score (nSPS) is 16.8. The van der Waals surface area contributed by atoms with Crippen molar-refractivity contribution in [3.05, 3.63) is 11.6 Å². The highest BCUT2D eigenvalue weighted by molar-refractivity contribution is 5.09. The molecule has 14 heavy (non-hydrogen) atoms. The predicted molar refractivity (Wildman–Crippen MR) is 55.0 cm³/mol. The largest absolute Gasteiger partial charge is 0.329 e. The van der Waals surface area contributed by atoms with E-state index in [1.54, 1.807) is 0 Å². The van der Waals surface area contributed by atoms with E-state index in [4.69, 9.17) is 5.73 Å². The summed E-state index contributed by atoms with van der Waals surface area (Å²) in [6.45, 7) is 5.92. The zero-order valence-corrected chi connectivity index (χ0v) is 8.95. The van der Waals surface area contributed by atoms with Gasteiger partial charge in [0.05, 0.1) is 0 Å². The molecule has 0 radical (unpaired) electrons. The molecule has 0 atom stereocenters. The molecule has 1 aromatic rings. The third-order valence-corrected chi connectivity index (χ3v) is 2.98. The minimum Gasteiger partial charge on any atom is -0.329 e. The lowest BCUT2D eigenvalue weighted by Crippen LogP contribution is -2.32. The van der Waals surface area contributed by atoms with E-state index in [-0.39, 0.29) is 5.41 Å². The van der Waals surface area contributed by atoms with Crippen molar-refractivity contribution in [2.45, 2.75) is 45.1 Å². The number of aromatic nitrogens is 3. The summed E-state index contributed by atoms with van der Waals surface area (Å²) in [7, 11) is 0. The van der Waals surface area contributed by atoms with Crippen LogP contribution in [0, 0.1) is 0 Å². The SMILES string of the molecule is CC(C)(CN)c1nnc2n1CCCC2. The molecule has 0 bridgehead atoms. The third-order valence-electron chi connectivity index (χ3n) is 2.98. The number of aryl methyl sites for hydroxylation is 1. The Labute approximate surface area is 84.5 Å². The number of nitrogens with two attached hydrogens (primary N) is 1. The summed E-state index contributed by atoms with van der Waals surface area (Å²) in [5, 5.41) is 8.50. The van der Waals surface area contributed by atoms with Crippen molar-refractivity contribution in [2.24, 2.45) is 5.73 Å². The highest BCUT2D eigenvalue weighted by atomic mass is 15.3. The van der Waals surface area contributed by atoms with Crippen molar-refractivity contribution in [1.82, 2.24) is 14.8 Å². The molecule has 1 aromatic heterocycles. The van der Waals surface area contributed by atoms with Crippen LogP contribution in [0.3, 0.4) is 0 Å². The van der Waals surface area contributed by atoms with Crippen molar-refractivity contribution in [1.29, 1.82) is 0 Å². The highest BCUT2D eigenvalue weighted by Crippen LogP contribution is 2.23. The Bertz CT molecular complexity index is 327. The Morgan fingerprint density at radius 2 is 2.14 bits per heavy atom. The number of rotatable bonds is 2. The molecule has 2 N–H and O–H groups in total. The molecule has 1 aliphatic rings. The average Bonchev–Trinajstić information content (AvgIpc) is 2.61. The fourth-order valence-electron chi connectivity index (χ4n) is 1.90. The van der Waals surface area contributed by atoms with Gasteiger partial charge >= 0.3 is 0 Å². The van der Waals surface area contributed by atoms with Gasteiger partial charge < -0.3 is 10.3 Å². The molecule has 0 saturated heterocycles. The molecule has 4 nitrogen and oxygen atoms in total. The standard InChI is InChI=1S/C10H18N4/c1-10(2,7-11)9-13-12-8-5-3-4-6-14(8)9/h3-7,11H2,1-2H3. The Hall–Kier alpha value is -0.900. The van der Waals surface area contributed by atoms with Crippen LogP contribution < -0.4 is 5.73 Å². The van der Waals surface area contributed by atoms with Crippen LogP contribution in [0.15, 0.2) is 0 Å². The summed E-state index contributed by atoms with van der Waals surface area (Å²) >= 11 is 0. The Morgan fingerprint density at radius 1 is 1.36 bits per heavy atom. The van der Waals surface area contributed by atoms with Crippen LogP contribution in [0.2, 0.25) is 0 Å². The summed E-state index contributed by atoms with van der Waals surface area (Å²) < 4.78 is 2.25. The van der Waals surface area contributed by atoms with E-state index < -0.39 is 0 Å². The van der Waals surface area contributed by atoms with Crippen molar-refractivity contribution in [3.8, 4) is 0 Å². The van der Waals surface area contributed by atoms with Crippen LogP contribution in [-0.4, -0.2) is 21.3 Å². The average molecular weight is 194 g/mol. The molecule has 1 aliphatic heterocycles. The molecular formula is C10H18N4. The van der Waals surface area contributed by atoms with Crippen LogP contribution in [0.5, 0.6) is 0 Å². The second-order valence-electron chi connectivity index (χ2n) is 4.64. The lowest BCUT2D eigenvalue weighted by molar-refractivity contribution is 0.434. The fraction of sp³-hybridized carbons (Fsp3) is 0.800. The second kappa shape index (κ2) is 3.35. The molecule has 78 valence electrons. The Kier molecular flexibility index (Phi) is 2.31. The number of hydrogen-bond acceptors (Lipinski definition) is 3. The lowest BCUT2D eigenvalue weighted by atomic mass is 9.92. The number of nitrogens with zero attached hydrogens (tertiary/aromatic N) is 3. The third kappa shape index (κ3) is 1.43. The smallest absolute Gasteiger partial charge is 0.139 e. The number of fused-ring (bicyclic) bond motifs is 1. The van der Waals surface area contributed by atoms with Crippen LogP contribution in [0.1, 0.15) is 38.3 Å². The molecule has 0 fully saturated rings. The minimum atomic E-state index is -0.0530. The van der Waals surface area contributed by atoms with E-state index in [2.05, 4.69) is 28.6 Å². The first kappa shape index (κ1) is 9.65. The van der Waals surface area contributed by atoms with Gasteiger partial charge in [0.2, 0.25) is 0 Å². The van der Waals surface area contributed by atoms with E-state index >= 15 is 0 Å². The summed E-state index contributed by atoms with van der Waals surface area (Å²) in [6, 6.07) is 0. The van der Waals surface area contributed by atoms with Crippen LogP contribution in [-0.2, 0) is 18.4 Å². The minimum absolute atomic E-state index is 0.0530. The number of hydrogen-bond donors (Lipinski definition) is 1. The van der Waals surface area contributed by atoms with E-state index in [0.717, 1.165) is 24.6 Å². The van der Waals surface area contributed by atoms with Gasteiger partial charge in [-0.25, -0.2) is 0 Å². The molecule has 2 heterocycles. The van der Waals surface area contributed by atoms with Gasteiger partial charge in [0.25, 0.3) is 0 Å². The highest BCUT2D eigenvalue weighted by Gasteiger charge is 2.27. The van der Waals surface area contributed by atoms with Gasteiger partial charge in [-0.15, -0.1) is 10.2 Å². The molecule has 0 saturated carbocycles. The van der Waals surface area contributed by atoms with E-state index in [0.29, 0.717) is 6.54 Å². The van der Waals surface area contributed by atoms with Gasteiger partial charge in [-0.1, -0.05) is 13.8 Å². The molecule has 4 heteroatoms. The first-order valence-electron chi connectivity index (χ1n) is 5.28. The summed E-state index contributed by atoms with van der Waals surface area (Å²) in [5.74, 6) is 2.18. The molecular weight excluding hydrogens is 176 g/mol. The second-order valence-corrected chi connectivity index (χ2v) is 4.64. The van der Waals surface area contributed by atoms with E-state index in [1.165, 1.54) is 12.8 Å². The first-order valence-corrected chi connectivity index (χ1v) is 5.28. The molecule has 2 rings (SSSR count). The molecule has 0 aromatic carbocycles. The zero-order chi connectivity index (χ0) is 10.2. The van der Waals surface area contributed by atoms with Crippen molar-refractivity contribution < 1.29 is 0 Å².